The molecule has 1 unspecified atom stereocenters. The van der Waals surface area contributed by atoms with E-state index in [0.717, 1.165) is 0 Å². The molecule has 2 aromatic carbocycles. The topological polar surface area (TPSA) is 76.1 Å². The Hall–Kier alpha value is -2.83. The maximum atomic E-state index is 12.9. The van der Waals surface area contributed by atoms with Crippen molar-refractivity contribution in [3.8, 4) is 5.75 Å². The predicted molar refractivity (Wildman–Crippen MR) is 110 cm³/mol. The summed E-state index contributed by atoms with van der Waals surface area (Å²) in [7, 11) is 3.10. The molecular formula is C22H22ClNO5. The van der Waals surface area contributed by atoms with Crippen LogP contribution in [0.3, 0.4) is 0 Å². The summed E-state index contributed by atoms with van der Waals surface area (Å²) in [4.78, 5) is 27.2. The molecule has 0 saturated carbocycles. The van der Waals surface area contributed by atoms with Crippen LogP contribution < -0.4 is 4.74 Å². The van der Waals surface area contributed by atoms with E-state index in [1.807, 2.05) is 0 Å². The van der Waals surface area contributed by atoms with Gasteiger partial charge in [-0.25, -0.2) is 0 Å². The number of Topliss-reactive ketones (excluding diaryl/α,β-unsaturated/α-hetero) is 1. The average molecular weight is 416 g/mol. The molecule has 0 radical (unpaired) electrons. The zero-order chi connectivity index (χ0) is 21.0. The van der Waals surface area contributed by atoms with E-state index in [-0.39, 0.29) is 11.3 Å². The fourth-order valence-electron chi connectivity index (χ4n) is 3.50. The number of hydrogen-bond donors (Lipinski definition) is 1. The largest absolute Gasteiger partial charge is 0.507 e. The number of halogens is 1. The molecule has 1 amide bonds. The number of carbonyl (C=O) groups is 2. The van der Waals surface area contributed by atoms with Crippen LogP contribution >= 0.6 is 11.6 Å². The number of ether oxygens (including phenoxy) is 2. The molecule has 0 spiro atoms. The SMILES string of the molecule is COCCCN1C(=O)C(=O)/C(=C(\O)c2cccc(Cl)c2)C1c1ccccc1OC. The summed E-state index contributed by atoms with van der Waals surface area (Å²) in [6.07, 6.45) is 0.548. The Morgan fingerprint density at radius 2 is 1.90 bits per heavy atom. The van der Waals surface area contributed by atoms with Crippen molar-refractivity contribution in [2.24, 2.45) is 0 Å². The highest BCUT2D eigenvalue weighted by Gasteiger charge is 2.46. The van der Waals surface area contributed by atoms with Crippen LogP contribution in [0.15, 0.2) is 54.1 Å². The fraction of sp³-hybridized carbons (Fsp3) is 0.273. The smallest absolute Gasteiger partial charge is 0.295 e. The van der Waals surface area contributed by atoms with Gasteiger partial charge in [0, 0.05) is 36.4 Å². The Labute approximate surface area is 174 Å². The Balaban J connectivity index is 2.17. The molecule has 1 fully saturated rings. The lowest BCUT2D eigenvalue weighted by molar-refractivity contribution is -0.140. The number of carbonyl (C=O) groups excluding carboxylic acids is 2. The van der Waals surface area contributed by atoms with Crippen LogP contribution in [0, 0.1) is 0 Å². The minimum absolute atomic E-state index is 0.0131. The van der Waals surface area contributed by atoms with Crippen LogP contribution in [-0.4, -0.2) is 49.1 Å². The number of likely N-dealkylation sites (tertiary alicyclic amines) is 1. The molecule has 7 heteroatoms. The first-order chi connectivity index (χ1) is 14.0. The number of ketones is 1. The number of nitrogens with zero attached hydrogens (tertiary/aromatic N) is 1. The van der Waals surface area contributed by atoms with E-state index in [1.54, 1.807) is 55.6 Å². The summed E-state index contributed by atoms with van der Waals surface area (Å²) in [5.74, 6) is -1.15. The molecule has 3 rings (SSSR count). The lowest BCUT2D eigenvalue weighted by atomic mass is 9.94. The van der Waals surface area contributed by atoms with E-state index < -0.39 is 17.7 Å². The monoisotopic (exact) mass is 415 g/mol. The van der Waals surface area contributed by atoms with Crippen molar-refractivity contribution in [3.63, 3.8) is 0 Å². The Morgan fingerprint density at radius 3 is 2.59 bits per heavy atom. The van der Waals surface area contributed by atoms with Gasteiger partial charge in [0.1, 0.15) is 11.5 Å². The van der Waals surface area contributed by atoms with E-state index in [2.05, 4.69) is 0 Å². The minimum Gasteiger partial charge on any atom is -0.507 e. The van der Waals surface area contributed by atoms with Crippen LogP contribution in [0.25, 0.3) is 5.76 Å². The molecule has 1 saturated heterocycles. The second kappa shape index (κ2) is 9.11. The molecule has 2 aromatic rings. The summed E-state index contributed by atoms with van der Waals surface area (Å²) in [5.41, 5.74) is 1.00. The third-order valence-corrected chi connectivity index (χ3v) is 5.05. The van der Waals surface area contributed by atoms with E-state index in [4.69, 9.17) is 21.1 Å². The fourth-order valence-corrected chi connectivity index (χ4v) is 3.69. The number of rotatable bonds is 7. The average Bonchev–Trinajstić information content (AvgIpc) is 2.98. The van der Waals surface area contributed by atoms with Gasteiger partial charge in [0.25, 0.3) is 11.7 Å². The molecule has 1 N–H and O–H groups in total. The number of amides is 1. The van der Waals surface area contributed by atoms with Crippen molar-refractivity contribution >= 4 is 29.1 Å². The molecular weight excluding hydrogens is 394 g/mol. The van der Waals surface area contributed by atoms with Gasteiger partial charge in [0.05, 0.1) is 18.7 Å². The van der Waals surface area contributed by atoms with Crippen molar-refractivity contribution in [2.75, 3.05) is 27.4 Å². The van der Waals surface area contributed by atoms with Crippen LogP contribution in [0.5, 0.6) is 5.75 Å². The third kappa shape index (κ3) is 4.13. The third-order valence-electron chi connectivity index (χ3n) is 4.82. The zero-order valence-corrected chi connectivity index (χ0v) is 17.0. The molecule has 29 heavy (non-hydrogen) atoms. The number of para-hydroxylation sites is 1. The molecule has 1 atom stereocenters. The van der Waals surface area contributed by atoms with E-state index in [0.29, 0.717) is 41.5 Å². The lowest BCUT2D eigenvalue weighted by Gasteiger charge is -2.26. The Kier molecular flexibility index (Phi) is 6.56. The lowest BCUT2D eigenvalue weighted by Crippen LogP contribution is -2.31. The number of hydrogen-bond acceptors (Lipinski definition) is 5. The van der Waals surface area contributed by atoms with Gasteiger partial charge in [0.2, 0.25) is 0 Å². The van der Waals surface area contributed by atoms with Crippen molar-refractivity contribution in [1.82, 2.24) is 4.90 Å². The van der Waals surface area contributed by atoms with Gasteiger partial charge in [-0.15, -0.1) is 0 Å². The second-order valence-electron chi connectivity index (χ2n) is 6.59. The summed E-state index contributed by atoms with van der Waals surface area (Å²) in [5, 5.41) is 11.4. The van der Waals surface area contributed by atoms with Crippen molar-refractivity contribution in [3.05, 3.63) is 70.3 Å². The number of aliphatic hydroxyl groups excluding tert-OH is 1. The molecule has 0 aromatic heterocycles. The van der Waals surface area contributed by atoms with Gasteiger partial charge in [-0.05, 0) is 24.6 Å². The molecule has 152 valence electrons. The van der Waals surface area contributed by atoms with Crippen LogP contribution in [0.2, 0.25) is 5.02 Å². The first-order valence-electron chi connectivity index (χ1n) is 9.15. The van der Waals surface area contributed by atoms with Gasteiger partial charge in [-0.3, -0.25) is 9.59 Å². The normalized spacial score (nSPS) is 18.3. The summed E-state index contributed by atoms with van der Waals surface area (Å²) < 4.78 is 10.5. The predicted octanol–water partition coefficient (Wildman–Crippen LogP) is 3.81. The van der Waals surface area contributed by atoms with Gasteiger partial charge >= 0.3 is 0 Å². The molecule has 0 bridgehead atoms. The van der Waals surface area contributed by atoms with Crippen LogP contribution in [0.4, 0.5) is 0 Å². The first-order valence-corrected chi connectivity index (χ1v) is 9.53. The molecule has 6 nitrogen and oxygen atoms in total. The Bertz CT molecular complexity index is 956. The quantitative estimate of drug-likeness (QED) is 0.322. The summed E-state index contributed by atoms with van der Waals surface area (Å²) in [6.45, 7) is 0.739. The van der Waals surface area contributed by atoms with Gasteiger partial charge in [-0.1, -0.05) is 41.9 Å². The van der Waals surface area contributed by atoms with Gasteiger partial charge < -0.3 is 19.5 Å². The Morgan fingerprint density at radius 1 is 1.14 bits per heavy atom. The standard InChI is InChI=1S/C22H22ClNO5/c1-28-12-6-11-24-19(16-9-3-4-10-17(16)29-2)18(21(26)22(24)27)20(25)14-7-5-8-15(23)13-14/h3-5,7-10,13,19,25H,6,11-12H2,1-2H3/b20-18-. The van der Waals surface area contributed by atoms with E-state index in [9.17, 15) is 14.7 Å². The van der Waals surface area contributed by atoms with Crippen molar-refractivity contribution in [1.29, 1.82) is 0 Å². The van der Waals surface area contributed by atoms with E-state index in [1.165, 1.54) is 12.0 Å². The van der Waals surface area contributed by atoms with Crippen LogP contribution in [0.1, 0.15) is 23.6 Å². The van der Waals surface area contributed by atoms with Crippen LogP contribution in [-0.2, 0) is 14.3 Å². The molecule has 0 aliphatic carbocycles. The van der Waals surface area contributed by atoms with Crippen molar-refractivity contribution < 1.29 is 24.2 Å². The maximum absolute atomic E-state index is 12.9. The highest BCUT2D eigenvalue weighted by Crippen LogP contribution is 2.42. The summed E-state index contributed by atoms with van der Waals surface area (Å²) >= 11 is 6.05. The molecule has 1 heterocycles. The number of aliphatic hydroxyl groups is 1. The molecule has 1 aliphatic rings. The highest BCUT2D eigenvalue weighted by molar-refractivity contribution is 6.46. The highest BCUT2D eigenvalue weighted by atomic mass is 35.5. The number of benzene rings is 2. The van der Waals surface area contributed by atoms with Crippen molar-refractivity contribution in [2.45, 2.75) is 12.5 Å². The first kappa shape index (κ1) is 20.9. The zero-order valence-electron chi connectivity index (χ0n) is 16.2. The minimum atomic E-state index is -0.776. The number of methoxy groups -OCH3 is 2. The second-order valence-corrected chi connectivity index (χ2v) is 7.03. The maximum Gasteiger partial charge on any atom is 0.295 e. The molecule has 1 aliphatic heterocycles. The van der Waals surface area contributed by atoms with E-state index >= 15 is 0 Å². The van der Waals surface area contributed by atoms with Gasteiger partial charge in [0.15, 0.2) is 0 Å². The summed E-state index contributed by atoms with van der Waals surface area (Å²) in [6, 6.07) is 12.9. The van der Waals surface area contributed by atoms with Gasteiger partial charge in [-0.2, -0.15) is 0 Å².